The Bertz CT molecular complexity index is 1640. The van der Waals surface area contributed by atoms with Gasteiger partial charge in [-0.25, -0.2) is 9.59 Å². The number of rotatable bonds is 7. The Balaban J connectivity index is 1.76. The number of fused-ring (bicyclic) bond motifs is 3. The van der Waals surface area contributed by atoms with E-state index in [1.807, 2.05) is 0 Å². The summed E-state index contributed by atoms with van der Waals surface area (Å²) in [6.45, 7) is 12.8. The van der Waals surface area contributed by atoms with Gasteiger partial charge in [0.2, 0.25) is 0 Å². The molecule has 3 fully saturated rings. The first-order valence-corrected chi connectivity index (χ1v) is 16.4. The molecule has 0 spiro atoms. The largest absolute Gasteiger partial charge is 0.459 e. The zero-order chi connectivity index (χ0) is 36.1. The molecule has 2 aromatic carbocycles. The van der Waals surface area contributed by atoms with E-state index < -0.39 is 93.9 Å². The monoisotopic (exact) mass is 676 g/mol. The second kappa shape index (κ2) is 12.8. The van der Waals surface area contributed by atoms with Crippen LogP contribution in [-0.4, -0.2) is 76.0 Å². The summed E-state index contributed by atoms with van der Waals surface area (Å²) in [5, 5.41) is 24.8. The topological polar surface area (TPSA) is 163 Å². The zero-order valence-electron chi connectivity index (χ0n) is 28.6. The molecule has 11 nitrogen and oxygen atoms in total. The Morgan fingerprint density at radius 1 is 0.796 bits per heavy atom. The number of benzene rings is 2. The summed E-state index contributed by atoms with van der Waals surface area (Å²) >= 11 is 0. The molecule has 0 bridgehead atoms. The molecule has 11 heteroatoms. The maximum absolute atomic E-state index is 14.4. The second-order valence-electron chi connectivity index (χ2n) is 14.6. The third-order valence-corrected chi connectivity index (χ3v) is 11.1. The molecule has 3 aliphatic rings. The van der Waals surface area contributed by atoms with Crippen molar-refractivity contribution in [3.8, 4) is 0 Å². The van der Waals surface area contributed by atoms with E-state index >= 15 is 0 Å². The molecule has 3 aliphatic carbocycles. The fourth-order valence-corrected chi connectivity index (χ4v) is 9.01. The summed E-state index contributed by atoms with van der Waals surface area (Å²) in [5.74, 6) is -5.99. The number of carbonyl (C=O) groups excluding carboxylic acids is 5. The standard InChI is InChI=1S/C38H44O11/c1-8-36(6)20-25(41)29-37(7)26(19-27(46-21(2)39)38(29,45)34(36)44)35(4,5)30(48-32(42)23-15-11-9-12-16-23)28(47-22(3)40)31(37)49-33(43)24-17-13-10-14-18-24/h8-18,25-31,41,45H,1,19-20H2,2-7H3/t25-,26+,27-,28+,29-,30-,31+,36-,37+,38+/m1/s1. The van der Waals surface area contributed by atoms with Gasteiger partial charge in [-0.3, -0.25) is 14.4 Å². The first-order chi connectivity index (χ1) is 22.9. The Labute approximate surface area is 285 Å². The normalized spacial score (nSPS) is 36.2. The van der Waals surface area contributed by atoms with Gasteiger partial charge in [-0.15, -0.1) is 6.58 Å². The quantitative estimate of drug-likeness (QED) is 0.245. The van der Waals surface area contributed by atoms with Gasteiger partial charge in [0.25, 0.3) is 0 Å². The Morgan fingerprint density at radius 3 is 1.76 bits per heavy atom. The van der Waals surface area contributed by atoms with E-state index in [0.29, 0.717) is 0 Å². The lowest BCUT2D eigenvalue weighted by Gasteiger charge is -2.69. The van der Waals surface area contributed by atoms with E-state index in [1.54, 1.807) is 69.3 Å². The highest BCUT2D eigenvalue weighted by Crippen LogP contribution is 2.67. The molecular weight excluding hydrogens is 632 g/mol. The Morgan fingerprint density at radius 2 is 1.29 bits per heavy atom. The van der Waals surface area contributed by atoms with Gasteiger partial charge < -0.3 is 29.2 Å². The van der Waals surface area contributed by atoms with E-state index in [-0.39, 0.29) is 24.0 Å². The maximum Gasteiger partial charge on any atom is 0.338 e. The number of hydrogen-bond donors (Lipinski definition) is 2. The molecular formula is C38H44O11. The second-order valence-corrected chi connectivity index (χ2v) is 14.6. The SMILES string of the molecule is C=C[C@]1(C)C[C@@H](O)[C@H]2[C@](O)(C1=O)[C@H](OC(C)=O)C[C@H]1C(C)(C)[C@H](OC(=O)c3ccccc3)[C@H](OC(C)=O)[C@H](OC(=O)c3ccccc3)[C@@]12C. The molecule has 0 unspecified atom stereocenters. The zero-order valence-corrected chi connectivity index (χ0v) is 28.6. The van der Waals surface area contributed by atoms with Crippen LogP contribution in [-0.2, 0) is 33.3 Å². The number of Topliss-reactive ketones (excluding diaryl/α,β-unsaturated/α-hetero) is 1. The third kappa shape index (κ3) is 5.86. The number of allylic oxidation sites excluding steroid dienone is 1. The van der Waals surface area contributed by atoms with Crippen LogP contribution in [0.1, 0.15) is 75.1 Å². The fourth-order valence-electron chi connectivity index (χ4n) is 9.01. The molecule has 0 aromatic heterocycles. The van der Waals surface area contributed by atoms with Crippen LogP contribution < -0.4 is 0 Å². The van der Waals surface area contributed by atoms with Crippen molar-refractivity contribution < 1.29 is 53.1 Å². The number of hydrogen-bond acceptors (Lipinski definition) is 11. The minimum absolute atomic E-state index is 0.151. The van der Waals surface area contributed by atoms with Crippen molar-refractivity contribution in [3.05, 3.63) is 84.4 Å². The summed E-state index contributed by atoms with van der Waals surface area (Å²) in [4.78, 5) is 67.3. The highest BCUT2D eigenvalue weighted by atomic mass is 16.6. The minimum Gasteiger partial charge on any atom is -0.459 e. The van der Waals surface area contributed by atoms with Crippen LogP contribution in [0, 0.1) is 28.1 Å². The van der Waals surface area contributed by atoms with Crippen LogP contribution in [0.25, 0.3) is 0 Å². The minimum atomic E-state index is -2.49. The first kappa shape index (κ1) is 35.9. The van der Waals surface area contributed by atoms with Crippen LogP contribution in [0.15, 0.2) is 73.3 Å². The molecule has 10 atom stereocenters. The van der Waals surface area contributed by atoms with Gasteiger partial charge in [-0.1, -0.05) is 63.2 Å². The maximum atomic E-state index is 14.4. The molecule has 49 heavy (non-hydrogen) atoms. The van der Waals surface area contributed by atoms with Crippen molar-refractivity contribution in [2.75, 3.05) is 0 Å². The predicted octanol–water partition coefficient (Wildman–Crippen LogP) is 4.24. The van der Waals surface area contributed by atoms with E-state index in [2.05, 4.69) is 6.58 Å². The first-order valence-electron chi connectivity index (χ1n) is 16.4. The highest BCUT2D eigenvalue weighted by molar-refractivity contribution is 5.96. The lowest BCUT2D eigenvalue weighted by Crippen LogP contribution is -2.80. The summed E-state index contributed by atoms with van der Waals surface area (Å²) < 4.78 is 24.1. The average molecular weight is 677 g/mol. The molecule has 2 N–H and O–H groups in total. The Hall–Kier alpha value is -4.35. The van der Waals surface area contributed by atoms with Crippen LogP contribution in [0.5, 0.6) is 0 Å². The van der Waals surface area contributed by atoms with Crippen molar-refractivity contribution >= 4 is 29.7 Å². The van der Waals surface area contributed by atoms with Gasteiger partial charge in [0, 0.05) is 36.0 Å². The van der Waals surface area contributed by atoms with Gasteiger partial charge in [0.05, 0.1) is 17.2 Å². The molecule has 0 amide bonds. The molecule has 262 valence electrons. The highest BCUT2D eigenvalue weighted by Gasteiger charge is 2.78. The summed E-state index contributed by atoms with van der Waals surface area (Å²) in [6.07, 6.45) is -6.03. The van der Waals surface area contributed by atoms with Crippen molar-refractivity contribution in [2.45, 2.75) is 90.5 Å². The van der Waals surface area contributed by atoms with E-state index in [1.165, 1.54) is 25.1 Å². The number of ether oxygens (including phenoxy) is 4. The van der Waals surface area contributed by atoms with Gasteiger partial charge in [-0.2, -0.15) is 0 Å². The van der Waals surface area contributed by atoms with Crippen LogP contribution in [0.3, 0.4) is 0 Å². The van der Waals surface area contributed by atoms with Crippen molar-refractivity contribution in [3.63, 3.8) is 0 Å². The molecule has 3 saturated carbocycles. The van der Waals surface area contributed by atoms with Crippen LogP contribution >= 0.6 is 0 Å². The molecule has 2 aromatic rings. The lowest BCUT2D eigenvalue weighted by molar-refractivity contribution is -0.313. The predicted molar refractivity (Wildman–Crippen MR) is 175 cm³/mol. The van der Waals surface area contributed by atoms with Gasteiger partial charge >= 0.3 is 23.9 Å². The number of esters is 4. The van der Waals surface area contributed by atoms with E-state index in [9.17, 15) is 34.2 Å². The number of aliphatic hydroxyl groups excluding tert-OH is 1. The summed E-state index contributed by atoms with van der Waals surface area (Å²) in [5.41, 5.74) is -6.23. The summed E-state index contributed by atoms with van der Waals surface area (Å²) in [6, 6.07) is 16.3. The van der Waals surface area contributed by atoms with Gasteiger partial charge in [0.15, 0.2) is 17.5 Å². The van der Waals surface area contributed by atoms with Crippen LogP contribution in [0.4, 0.5) is 0 Å². The molecule has 0 heterocycles. The Kier molecular flexibility index (Phi) is 9.42. The number of aliphatic hydroxyl groups is 2. The van der Waals surface area contributed by atoms with Crippen molar-refractivity contribution in [1.29, 1.82) is 0 Å². The lowest BCUT2D eigenvalue weighted by atomic mass is 9.38. The van der Waals surface area contributed by atoms with E-state index in [0.717, 1.165) is 13.8 Å². The average Bonchev–Trinajstić information content (AvgIpc) is 3.05. The van der Waals surface area contributed by atoms with Crippen LogP contribution in [0.2, 0.25) is 0 Å². The smallest absolute Gasteiger partial charge is 0.338 e. The number of ketones is 1. The van der Waals surface area contributed by atoms with Gasteiger partial charge in [0.1, 0.15) is 18.3 Å². The molecule has 0 aliphatic heterocycles. The van der Waals surface area contributed by atoms with E-state index in [4.69, 9.17) is 18.9 Å². The fraction of sp³-hybridized carbons (Fsp3) is 0.500. The molecule has 5 rings (SSSR count). The van der Waals surface area contributed by atoms with Gasteiger partial charge in [-0.05, 0) is 49.9 Å². The molecule has 0 saturated heterocycles. The summed E-state index contributed by atoms with van der Waals surface area (Å²) in [7, 11) is 0. The van der Waals surface area contributed by atoms with Crippen molar-refractivity contribution in [2.24, 2.45) is 28.1 Å². The third-order valence-electron chi connectivity index (χ3n) is 11.1. The number of carbonyl (C=O) groups is 5. The molecule has 0 radical (unpaired) electrons. The van der Waals surface area contributed by atoms with Crippen molar-refractivity contribution in [1.82, 2.24) is 0 Å².